The largest absolute Gasteiger partial charge is 0.423 e. The minimum Gasteiger partial charge on any atom is -0.423 e. The van der Waals surface area contributed by atoms with Gasteiger partial charge in [-0.2, -0.15) is 0 Å². The van der Waals surface area contributed by atoms with Crippen molar-refractivity contribution in [2.24, 2.45) is 5.41 Å². The van der Waals surface area contributed by atoms with Gasteiger partial charge in [-0.05, 0) is 93.6 Å². The Kier molecular flexibility index (Phi) is 11.1. The maximum Gasteiger partial charge on any atom is 0.336 e. The molecule has 1 aliphatic rings. The topological polar surface area (TPSA) is 56.5 Å². The van der Waals surface area contributed by atoms with Gasteiger partial charge in [-0.25, -0.2) is 9.59 Å². The Bertz CT molecular complexity index is 1420. The Morgan fingerprint density at radius 1 is 1.05 bits per heavy atom. The molecule has 40 heavy (non-hydrogen) atoms. The van der Waals surface area contributed by atoms with Crippen LogP contribution in [0.3, 0.4) is 0 Å². The Morgan fingerprint density at radius 2 is 1.82 bits per heavy atom. The lowest BCUT2D eigenvalue weighted by Gasteiger charge is -2.32. The molecule has 0 saturated carbocycles. The SMILES string of the molecule is CCCCCCc1cc2c(C)cc(=O)oc2cc1OC(=O)C=C(C)C=CC=C(C)C=CC1=C(C)CCCC1(C)C. The van der Waals surface area contributed by atoms with E-state index in [9.17, 15) is 9.59 Å². The highest BCUT2D eigenvalue weighted by Crippen LogP contribution is 2.40. The second kappa shape index (κ2) is 14.3. The standard InChI is InChI=1S/C36H46O4/c1-8-9-10-11-17-29-23-30-28(5)22-35(38)40-33(30)24-32(29)39-34(37)21-26(3)15-12-14-25(2)18-19-31-27(4)16-13-20-36(31,6)7/h12,14-15,18-19,21-24H,8-11,13,16-17,20H2,1-7H3. The molecule has 4 heteroatoms. The Balaban J connectivity index is 1.73. The normalized spacial score (nSPS) is 16.5. The van der Waals surface area contributed by atoms with Crippen molar-refractivity contribution < 1.29 is 13.9 Å². The van der Waals surface area contributed by atoms with Gasteiger partial charge < -0.3 is 9.15 Å². The van der Waals surface area contributed by atoms with Gasteiger partial charge in [0.15, 0.2) is 0 Å². The van der Waals surface area contributed by atoms with Gasteiger partial charge in [-0.1, -0.05) is 81.6 Å². The first kappa shape index (κ1) is 31.1. The summed E-state index contributed by atoms with van der Waals surface area (Å²) in [6, 6.07) is 5.17. The number of benzene rings is 1. The average molecular weight is 543 g/mol. The van der Waals surface area contributed by atoms with Gasteiger partial charge in [0.1, 0.15) is 11.3 Å². The van der Waals surface area contributed by atoms with Gasteiger partial charge in [0.25, 0.3) is 0 Å². The van der Waals surface area contributed by atoms with Crippen molar-refractivity contribution in [2.75, 3.05) is 0 Å². The predicted octanol–water partition coefficient (Wildman–Crippen LogP) is 9.66. The molecule has 0 bridgehead atoms. The van der Waals surface area contributed by atoms with Gasteiger partial charge in [0, 0.05) is 23.6 Å². The van der Waals surface area contributed by atoms with E-state index in [1.807, 2.05) is 38.1 Å². The molecular formula is C36H46O4. The van der Waals surface area contributed by atoms with Crippen LogP contribution in [-0.4, -0.2) is 5.97 Å². The molecule has 0 fully saturated rings. The van der Waals surface area contributed by atoms with Crippen LogP contribution < -0.4 is 10.4 Å². The van der Waals surface area contributed by atoms with E-state index >= 15 is 0 Å². The van der Waals surface area contributed by atoms with Crippen LogP contribution in [0.25, 0.3) is 11.0 Å². The number of ether oxygens (including phenoxy) is 1. The van der Waals surface area contributed by atoms with Crippen molar-refractivity contribution in [3.63, 3.8) is 0 Å². The first-order valence-electron chi connectivity index (χ1n) is 14.7. The lowest BCUT2D eigenvalue weighted by Crippen LogP contribution is -2.19. The first-order valence-corrected chi connectivity index (χ1v) is 14.7. The fraction of sp³-hybridized carbons (Fsp3) is 0.444. The second-order valence-corrected chi connectivity index (χ2v) is 11.9. The Labute approximate surface area is 240 Å². The zero-order valence-corrected chi connectivity index (χ0v) is 25.5. The fourth-order valence-corrected chi connectivity index (χ4v) is 5.43. The Hall–Kier alpha value is -3.40. The summed E-state index contributed by atoms with van der Waals surface area (Å²) >= 11 is 0. The van der Waals surface area contributed by atoms with Crippen LogP contribution in [0.4, 0.5) is 0 Å². The van der Waals surface area contributed by atoms with Gasteiger partial charge in [-0.15, -0.1) is 0 Å². The highest BCUT2D eigenvalue weighted by Gasteiger charge is 2.26. The molecule has 4 nitrogen and oxygen atoms in total. The third-order valence-electron chi connectivity index (χ3n) is 7.76. The van der Waals surface area contributed by atoms with Gasteiger partial charge in [0.05, 0.1) is 0 Å². The molecule has 0 spiro atoms. The summed E-state index contributed by atoms with van der Waals surface area (Å²) in [7, 11) is 0. The smallest absolute Gasteiger partial charge is 0.336 e. The third kappa shape index (κ3) is 8.81. The van der Waals surface area contributed by atoms with Crippen molar-refractivity contribution in [1.82, 2.24) is 0 Å². The molecule has 0 amide bonds. The van der Waals surface area contributed by atoms with Crippen LogP contribution in [0.15, 0.2) is 86.2 Å². The summed E-state index contributed by atoms with van der Waals surface area (Å²) < 4.78 is 11.2. The van der Waals surface area contributed by atoms with Crippen molar-refractivity contribution in [3.05, 3.63) is 98.5 Å². The third-order valence-corrected chi connectivity index (χ3v) is 7.76. The number of hydrogen-bond acceptors (Lipinski definition) is 4. The number of carbonyl (C=O) groups is 1. The van der Waals surface area contributed by atoms with Gasteiger partial charge in [-0.3, -0.25) is 0 Å². The van der Waals surface area contributed by atoms with E-state index < -0.39 is 11.6 Å². The maximum absolute atomic E-state index is 12.8. The van der Waals surface area contributed by atoms with Crippen molar-refractivity contribution >= 4 is 16.9 Å². The van der Waals surface area contributed by atoms with E-state index in [1.165, 1.54) is 49.0 Å². The maximum atomic E-state index is 12.8. The summed E-state index contributed by atoms with van der Waals surface area (Å²) in [4.78, 5) is 24.8. The molecule has 1 aromatic heterocycles. The predicted molar refractivity (Wildman–Crippen MR) is 167 cm³/mol. The minimum absolute atomic E-state index is 0.221. The number of aryl methyl sites for hydroxylation is 2. The van der Waals surface area contributed by atoms with Crippen LogP contribution in [0.1, 0.15) is 97.6 Å². The lowest BCUT2D eigenvalue weighted by atomic mass is 9.72. The summed E-state index contributed by atoms with van der Waals surface area (Å²) in [5, 5.41) is 0.870. The quantitative estimate of drug-likeness (QED) is 0.0708. The molecule has 0 saturated heterocycles. The lowest BCUT2D eigenvalue weighted by molar-refractivity contribution is -0.129. The molecule has 214 valence electrons. The number of rotatable bonds is 11. The molecule has 2 aromatic rings. The van der Waals surface area contributed by atoms with Gasteiger partial charge >= 0.3 is 11.6 Å². The van der Waals surface area contributed by atoms with Crippen molar-refractivity contribution in [3.8, 4) is 5.75 Å². The number of hydrogen-bond donors (Lipinski definition) is 0. The number of allylic oxidation sites excluding steroid dienone is 9. The van der Waals surface area contributed by atoms with E-state index in [0.29, 0.717) is 11.3 Å². The van der Waals surface area contributed by atoms with E-state index in [-0.39, 0.29) is 5.41 Å². The second-order valence-electron chi connectivity index (χ2n) is 11.9. The van der Waals surface area contributed by atoms with E-state index in [0.717, 1.165) is 53.3 Å². The average Bonchev–Trinajstić information content (AvgIpc) is 2.86. The highest BCUT2D eigenvalue weighted by molar-refractivity contribution is 5.88. The number of esters is 1. The molecule has 0 unspecified atom stereocenters. The van der Waals surface area contributed by atoms with Crippen LogP contribution in [0, 0.1) is 12.3 Å². The summed E-state index contributed by atoms with van der Waals surface area (Å²) in [6.07, 6.45) is 20.7. The highest BCUT2D eigenvalue weighted by atomic mass is 16.5. The van der Waals surface area contributed by atoms with E-state index in [1.54, 1.807) is 6.07 Å². The molecule has 1 aliphatic carbocycles. The molecule has 1 heterocycles. The number of fused-ring (bicyclic) bond motifs is 1. The number of carbonyl (C=O) groups excluding carboxylic acids is 1. The first-order chi connectivity index (χ1) is 19.0. The fourth-order valence-electron chi connectivity index (χ4n) is 5.43. The summed E-state index contributed by atoms with van der Waals surface area (Å²) in [5.74, 6) is 0.000684. The zero-order valence-electron chi connectivity index (χ0n) is 25.5. The molecule has 0 aliphatic heterocycles. The van der Waals surface area contributed by atoms with Crippen LogP contribution in [0.2, 0.25) is 0 Å². The molecule has 0 radical (unpaired) electrons. The van der Waals surface area contributed by atoms with Gasteiger partial charge in [0.2, 0.25) is 0 Å². The van der Waals surface area contributed by atoms with Crippen molar-refractivity contribution in [2.45, 2.75) is 99.8 Å². The molecule has 3 rings (SSSR count). The monoisotopic (exact) mass is 542 g/mol. The van der Waals surface area contributed by atoms with E-state index in [4.69, 9.17) is 9.15 Å². The van der Waals surface area contributed by atoms with Crippen LogP contribution >= 0.6 is 0 Å². The zero-order chi connectivity index (χ0) is 29.3. The molecule has 1 aromatic carbocycles. The summed E-state index contributed by atoms with van der Waals surface area (Å²) in [5.41, 5.74) is 6.92. The molecular weight excluding hydrogens is 496 g/mol. The van der Waals surface area contributed by atoms with E-state index in [2.05, 4.69) is 46.8 Å². The Morgan fingerprint density at radius 3 is 2.55 bits per heavy atom. The van der Waals surface area contributed by atoms with Crippen LogP contribution in [-0.2, 0) is 11.2 Å². The number of unbranched alkanes of at least 4 members (excludes halogenated alkanes) is 3. The minimum atomic E-state index is -0.450. The molecule has 0 atom stereocenters. The van der Waals surface area contributed by atoms with Crippen molar-refractivity contribution in [1.29, 1.82) is 0 Å². The van der Waals surface area contributed by atoms with Crippen LogP contribution in [0.5, 0.6) is 5.75 Å². The summed E-state index contributed by atoms with van der Waals surface area (Å²) in [6.45, 7) is 14.9. The molecule has 0 N–H and O–H groups in total.